The lowest BCUT2D eigenvalue weighted by Gasteiger charge is -2.17. The molecule has 0 bridgehead atoms. The highest BCUT2D eigenvalue weighted by Gasteiger charge is 2.22. The van der Waals surface area contributed by atoms with E-state index in [-0.39, 0.29) is 17.9 Å². The fourth-order valence-corrected chi connectivity index (χ4v) is 3.91. The molecule has 30 heavy (non-hydrogen) atoms. The van der Waals surface area contributed by atoms with Crippen LogP contribution in [0.2, 0.25) is 5.02 Å². The van der Waals surface area contributed by atoms with Crippen LogP contribution in [0.5, 0.6) is 0 Å². The lowest BCUT2D eigenvalue weighted by atomic mass is 10.0. The van der Waals surface area contributed by atoms with Crippen LogP contribution in [0.3, 0.4) is 0 Å². The van der Waals surface area contributed by atoms with Crippen molar-refractivity contribution in [3.05, 3.63) is 57.9 Å². The standard InChI is InChI=1S/C22H24ClN5O2/c1-12-9-14(5-6-15(12)22(30)28-7-3-4-8-28)21(29)25-13(2)20-26-18-10-16(23)17(24)11-19(18)27-20/h5-6,9-11,13H,3-4,7-8,24H2,1-2H3,(H,25,29)(H,26,27)/t13-/m0/s1. The van der Waals surface area contributed by atoms with Crippen molar-refractivity contribution >= 4 is 40.1 Å². The molecule has 0 saturated carbocycles. The number of carbonyl (C=O) groups is 2. The maximum absolute atomic E-state index is 12.8. The highest BCUT2D eigenvalue weighted by molar-refractivity contribution is 6.33. The van der Waals surface area contributed by atoms with Crippen molar-refractivity contribution in [2.45, 2.75) is 32.7 Å². The van der Waals surface area contributed by atoms with Crippen molar-refractivity contribution < 1.29 is 9.59 Å². The number of fused-ring (bicyclic) bond motifs is 1. The van der Waals surface area contributed by atoms with Gasteiger partial charge in [-0.15, -0.1) is 0 Å². The number of amides is 2. The summed E-state index contributed by atoms with van der Waals surface area (Å²) in [5.74, 6) is 0.409. The zero-order valence-electron chi connectivity index (χ0n) is 17.0. The number of anilines is 1. The van der Waals surface area contributed by atoms with Gasteiger partial charge in [-0.05, 0) is 62.6 Å². The van der Waals surface area contributed by atoms with E-state index in [0.717, 1.165) is 37.0 Å². The van der Waals surface area contributed by atoms with E-state index in [1.165, 1.54) is 0 Å². The van der Waals surface area contributed by atoms with Gasteiger partial charge in [0.05, 0.1) is 27.8 Å². The molecule has 2 amide bonds. The molecule has 1 fully saturated rings. The minimum Gasteiger partial charge on any atom is -0.397 e. The van der Waals surface area contributed by atoms with E-state index >= 15 is 0 Å². The summed E-state index contributed by atoms with van der Waals surface area (Å²) in [6.07, 6.45) is 2.09. The van der Waals surface area contributed by atoms with Crippen LogP contribution < -0.4 is 11.1 Å². The summed E-state index contributed by atoms with van der Waals surface area (Å²) < 4.78 is 0. The third kappa shape index (κ3) is 3.85. The van der Waals surface area contributed by atoms with E-state index in [1.807, 2.05) is 18.7 Å². The first-order valence-corrected chi connectivity index (χ1v) is 10.4. The maximum Gasteiger partial charge on any atom is 0.254 e. The summed E-state index contributed by atoms with van der Waals surface area (Å²) in [4.78, 5) is 34.9. The number of hydrogen-bond acceptors (Lipinski definition) is 4. The minimum absolute atomic E-state index is 0.0329. The Bertz CT molecular complexity index is 1100. The Hall–Kier alpha value is -3.06. The molecule has 1 atom stereocenters. The number of nitrogens with one attached hydrogen (secondary N) is 2. The van der Waals surface area contributed by atoms with Gasteiger partial charge in [0.1, 0.15) is 5.82 Å². The second kappa shape index (κ2) is 7.99. The number of aryl methyl sites for hydroxylation is 1. The number of nitrogens with two attached hydrogens (primary N) is 1. The molecule has 2 heterocycles. The van der Waals surface area contributed by atoms with Gasteiger partial charge in [0, 0.05) is 24.2 Å². The third-order valence-corrected chi connectivity index (χ3v) is 5.82. The Morgan fingerprint density at radius 1 is 1.23 bits per heavy atom. The molecule has 4 rings (SSSR count). The molecule has 1 aliphatic rings. The van der Waals surface area contributed by atoms with Gasteiger partial charge in [-0.3, -0.25) is 9.59 Å². The van der Waals surface area contributed by atoms with Crippen molar-refractivity contribution in [3.8, 4) is 0 Å². The first-order chi connectivity index (χ1) is 14.3. The van der Waals surface area contributed by atoms with Crippen LogP contribution in [0, 0.1) is 6.92 Å². The van der Waals surface area contributed by atoms with Crippen molar-refractivity contribution in [3.63, 3.8) is 0 Å². The fraction of sp³-hybridized carbons (Fsp3) is 0.318. The summed E-state index contributed by atoms with van der Waals surface area (Å²) in [5.41, 5.74) is 9.69. The van der Waals surface area contributed by atoms with Crippen LogP contribution in [-0.4, -0.2) is 39.8 Å². The number of aromatic nitrogens is 2. The van der Waals surface area contributed by atoms with Crippen molar-refractivity contribution in [1.29, 1.82) is 0 Å². The molecule has 0 aliphatic carbocycles. The van der Waals surface area contributed by atoms with Gasteiger partial charge in [0.25, 0.3) is 11.8 Å². The first kappa shape index (κ1) is 20.2. The molecule has 7 nitrogen and oxygen atoms in total. The van der Waals surface area contributed by atoms with Gasteiger partial charge < -0.3 is 20.9 Å². The third-order valence-electron chi connectivity index (χ3n) is 5.49. The highest BCUT2D eigenvalue weighted by Crippen LogP contribution is 2.26. The molecular weight excluding hydrogens is 402 g/mol. The Kier molecular flexibility index (Phi) is 5.39. The summed E-state index contributed by atoms with van der Waals surface area (Å²) in [7, 11) is 0. The zero-order chi connectivity index (χ0) is 21.4. The smallest absolute Gasteiger partial charge is 0.254 e. The molecule has 4 N–H and O–H groups in total. The normalized spacial score (nSPS) is 14.8. The Balaban J connectivity index is 1.49. The van der Waals surface area contributed by atoms with Gasteiger partial charge in [-0.2, -0.15) is 0 Å². The first-order valence-electron chi connectivity index (χ1n) is 9.99. The van der Waals surface area contributed by atoms with E-state index in [0.29, 0.717) is 33.2 Å². The topological polar surface area (TPSA) is 104 Å². The van der Waals surface area contributed by atoms with Crippen molar-refractivity contribution in [2.24, 2.45) is 0 Å². The molecular formula is C22H24ClN5O2. The summed E-state index contributed by atoms with van der Waals surface area (Å²) in [6, 6.07) is 8.25. The van der Waals surface area contributed by atoms with E-state index in [4.69, 9.17) is 17.3 Å². The second-order valence-corrected chi connectivity index (χ2v) is 8.14. The number of likely N-dealkylation sites (tertiary alicyclic amines) is 1. The molecule has 2 aromatic carbocycles. The minimum atomic E-state index is -0.351. The van der Waals surface area contributed by atoms with Crippen LogP contribution in [0.25, 0.3) is 11.0 Å². The van der Waals surface area contributed by atoms with Gasteiger partial charge in [-0.25, -0.2) is 4.98 Å². The van der Waals surface area contributed by atoms with Crippen molar-refractivity contribution in [2.75, 3.05) is 18.8 Å². The molecule has 1 aromatic heterocycles. The number of imidazole rings is 1. The lowest BCUT2D eigenvalue weighted by Crippen LogP contribution is -2.29. The number of nitrogen functional groups attached to an aromatic ring is 1. The number of rotatable bonds is 4. The molecule has 156 valence electrons. The molecule has 1 aliphatic heterocycles. The quantitative estimate of drug-likeness (QED) is 0.552. The molecule has 1 saturated heterocycles. The van der Waals surface area contributed by atoms with Crippen LogP contribution in [0.15, 0.2) is 30.3 Å². The van der Waals surface area contributed by atoms with Crippen LogP contribution in [0.1, 0.15) is 57.9 Å². The van der Waals surface area contributed by atoms with E-state index in [1.54, 1.807) is 30.3 Å². The summed E-state index contributed by atoms with van der Waals surface area (Å²) >= 11 is 6.06. The number of benzene rings is 2. The average molecular weight is 426 g/mol. The van der Waals surface area contributed by atoms with Crippen LogP contribution >= 0.6 is 11.6 Å². The summed E-state index contributed by atoms with van der Waals surface area (Å²) in [5, 5.41) is 3.38. The van der Waals surface area contributed by atoms with E-state index in [9.17, 15) is 9.59 Å². The van der Waals surface area contributed by atoms with E-state index < -0.39 is 0 Å². The number of aromatic amines is 1. The van der Waals surface area contributed by atoms with Gasteiger partial charge in [0.2, 0.25) is 0 Å². The number of hydrogen-bond donors (Lipinski definition) is 3. The second-order valence-electron chi connectivity index (χ2n) is 7.74. The Morgan fingerprint density at radius 2 is 1.97 bits per heavy atom. The van der Waals surface area contributed by atoms with Crippen molar-refractivity contribution in [1.82, 2.24) is 20.2 Å². The predicted octanol–water partition coefficient (Wildman–Crippen LogP) is 3.83. The lowest BCUT2D eigenvalue weighted by molar-refractivity contribution is 0.0791. The van der Waals surface area contributed by atoms with Crippen LogP contribution in [0.4, 0.5) is 5.69 Å². The SMILES string of the molecule is Cc1cc(C(=O)N[C@@H](C)c2nc3cc(Cl)c(N)cc3[nH]2)ccc1C(=O)N1CCCC1. The average Bonchev–Trinajstić information content (AvgIpc) is 3.38. The van der Waals surface area contributed by atoms with Gasteiger partial charge in [-0.1, -0.05) is 11.6 Å². The molecule has 0 radical (unpaired) electrons. The largest absolute Gasteiger partial charge is 0.397 e. The fourth-order valence-electron chi connectivity index (χ4n) is 3.76. The number of nitrogens with zero attached hydrogens (tertiary/aromatic N) is 2. The van der Waals surface area contributed by atoms with E-state index in [2.05, 4.69) is 15.3 Å². The molecule has 0 spiro atoms. The maximum atomic E-state index is 12.8. The highest BCUT2D eigenvalue weighted by atomic mass is 35.5. The Labute approximate surface area is 179 Å². The van der Waals surface area contributed by atoms with Crippen LogP contribution in [-0.2, 0) is 0 Å². The molecule has 8 heteroatoms. The Morgan fingerprint density at radius 3 is 2.67 bits per heavy atom. The monoisotopic (exact) mass is 425 g/mol. The molecule has 0 unspecified atom stereocenters. The van der Waals surface area contributed by atoms with Gasteiger partial charge >= 0.3 is 0 Å². The molecule has 3 aromatic rings. The summed E-state index contributed by atoms with van der Waals surface area (Å²) in [6.45, 7) is 5.30. The number of carbonyl (C=O) groups excluding carboxylic acids is 2. The zero-order valence-corrected chi connectivity index (χ0v) is 17.7. The number of halogens is 1. The number of H-pyrrole nitrogens is 1. The van der Waals surface area contributed by atoms with Gasteiger partial charge in [0.15, 0.2) is 0 Å². The predicted molar refractivity (Wildman–Crippen MR) is 118 cm³/mol.